The Morgan fingerprint density at radius 3 is 2.29 bits per heavy atom. The molecule has 152 valence electrons. The maximum absolute atomic E-state index is 13.0. The van der Waals surface area contributed by atoms with Crippen LogP contribution >= 0.6 is 34.5 Å². The largest absolute Gasteiger partial charge is 0.329 e. The Bertz CT molecular complexity index is 815. The predicted molar refractivity (Wildman–Crippen MR) is 116 cm³/mol. The first kappa shape index (κ1) is 22.6. The fourth-order valence-corrected chi connectivity index (χ4v) is 3.91. The smallest absolute Gasteiger partial charge is 0.254 e. The van der Waals surface area contributed by atoms with Gasteiger partial charge in [0.1, 0.15) is 6.54 Å². The SMILES string of the molecule is Cc1nc(NC(=O)CN(CCCN(C)C)C(=O)c2cc(Cl)cc(Cl)c2)sc1C. The lowest BCUT2D eigenvalue weighted by Crippen LogP contribution is -2.39. The van der Waals surface area contributed by atoms with E-state index in [4.69, 9.17) is 23.2 Å². The second-order valence-corrected chi connectivity index (χ2v) is 8.83. The summed E-state index contributed by atoms with van der Waals surface area (Å²) in [6, 6.07) is 4.68. The lowest BCUT2D eigenvalue weighted by atomic mass is 10.2. The number of aryl methyl sites for hydroxylation is 2. The molecule has 28 heavy (non-hydrogen) atoms. The lowest BCUT2D eigenvalue weighted by Gasteiger charge is -2.23. The predicted octanol–water partition coefficient (Wildman–Crippen LogP) is 4.10. The number of nitrogens with one attached hydrogen (secondary N) is 1. The Morgan fingerprint density at radius 2 is 1.75 bits per heavy atom. The van der Waals surface area contributed by atoms with Crippen molar-refractivity contribution in [1.29, 1.82) is 0 Å². The highest BCUT2D eigenvalue weighted by molar-refractivity contribution is 7.15. The highest BCUT2D eigenvalue weighted by Gasteiger charge is 2.20. The standard InChI is InChI=1S/C19H24Cl2N4O2S/c1-12-13(2)28-19(22-12)23-17(26)11-25(7-5-6-24(3)4)18(27)14-8-15(20)10-16(21)9-14/h8-10H,5-7,11H2,1-4H3,(H,22,23,26). The number of aromatic nitrogens is 1. The third-order valence-corrected chi connectivity index (χ3v) is 5.46. The summed E-state index contributed by atoms with van der Waals surface area (Å²) in [7, 11) is 3.92. The topological polar surface area (TPSA) is 65.5 Å². The highest BCUT2D eigenvalue weighted by atomic mass is 35.5. The Hall–Kier alpha value is -1.67. The van der Waals surface area contributed by atoms with Crippen LogP contribution in [-0.4, -0.2) is 60.3 Å². The van der Waals surface area contributed by atoms with Gasteiger partial charge in [-0.25, -0.2) is 4.98 Å². The van der Waals surface area contributed by atoms with Crippen molar-refractivity contribution in [3.63, 3.8) is 0 Å². The number of hydrogen-bond acceptors (Lipinski definition) is 5. The van der Waals surface area contributed by atoms with Gasteiger partial charge in [-0.05, 0) is 59.1 Å². The van der Waals surface area contributed by atoms with Crippen LogP contribution in [0.1, 0.15) is 27.3 Å². The molecule has 0 radical (unpaired) electrons. The minimum Gasteiger partial charge on any atom is -0.329 e. The van der Waals surface area contributed by atoms with E-state index in [0.717, 1.165) is 23.5 Å². The van der Waals surface area contributed by atoms with Crippen molar-refractivity contribution in [1.82, 2.24) is 14.8 Å². The zero-order valence-electron chi connectivity index (χ0n) is 16.4. The second kappa shape index (κ2) is 10.2. The van der Waals surface area contributed by atoms with Gasteiger partial charge < -0.3 is 15.1 Å². The molecule has 0 saturated heterocycles. The highest BCUT2D eigenvalue weighted by Crippen LogP contribution is 2.22. The van der Waals surface area contributed by atoms with Crippen molar-refractivity contribution in [3.05, 3.63) is 44.4 Å². The van der Waals surface area contributed by atoms with E-state index in [1.807, 2.05) is 32.8 Å². The van der Waals surface area contributed by atoms with Crippen molar-refractivity contribution in [3.8, 4) is 0 Å². The second-order valence-electron chi connectivity index (χ2n) is 6.75. The molecule has 2 aromatic rings. The average Bonchev–Trinajstić information content (AvgIpc) is 2.89. The Kier molecular flexibility index (Phi) is 8.24. The number of hydrogen-bond donors (Lipinski definition) is 1. The fraction of sp³-hybridized carbons (Fsp3) is 0.421. The van der Waals surface area contributed by atoms with Crippen LogP contribution in [0.4, 0.5) is 5.13 Å². The number of halogens is 2. The molecule has 0 aliphatic heterocycles. The van der Waals surface area contributed by atoms with Gasteiger partial charge in [-0.2, -0.15) is 0 Å². The minimum absolute atomic E-state index is 0.0753. The lowest BCUT2D eigenvalue weighted by molar-refractivity contribution is -0.116. The van der Waals surface area contributed by atoms with Gasteiger partial charge >= 0.3 is 0 Å². The van der Waals surface area contributed by atoms with Gasteiger partial charge in [-0.3, -0.25) is 9.59 Å². The van der Waals surface area contributed by atoms with Gasteiger partial charge in [-0.15, -0.1) is 11.3 Å². The van der Waals surface area contributed by atoms with Crippen LogP contribution in [0.15, 0.2) is 18.2 Å². The molecular formula is C19H24Cl2N4O2S. The van der Waals surface area contributed by atoms with Gasteiger partial charge in [0.15, 0.2) is 5.13 Å². The first-order valence-corrected chi connectivity index (χ1v) is 10.4. The first-order chi connectivity index (χ1) is 13.2. The number of benzene rings is 1. The van der Waals surface area contributed by atoms with Crippen LogP contribution in [0.5, 0.6) is 0 Å². The van der Waals surface area contributed by atoms with E-state index in [-0.39, 0.29) is 18.4 Å². The molecule has 2 rings (SSSR count). The normalized spacial score (nSPS) is 11.0. The molecule has 1 aromatic carbocycles. The Balaban J connectivity index is 2.13. The molecule has 0 fully saturated rings. The summed E-state index contributed by atoms with van der Waals surface area (Å²) < 4.78 is 0. The molecule has 0 saturated carbocycles. The molecule has 9 heteroatoms. The van der Waals surface area contributed by atoms with E-state index < -0.39 is 0 Å². The molecule has 0 aliphatic rings. The molecular weight excluding hydrogens is 419 g/mol. The molecule has 0 bridgehead atoms. The van der Waals surface area contributed by atoms with Gasteiger partial charge in [-0.1, -0.05) is 23.2 Å². The molecule has 0 spiro atoms. The number of rotatable bonds is 8. The fourth-order valence-electron chi connectivity index (χ4n) is 2.55. The molecule has 0 aliphatic carbocycles. The van der Waals surface area contributed by atoms with Crippen LogP contribution in [0.2, 0.25) is 10.0 Å². The first-order valence-electron chi connectivity index (χ1n) is 8.79. The molecule has 1 aromatic heterocycles. The third-order valence-electron chi connectivity index (χ3n) is 4.04. The van der Waals surface area contributed by atoms with Crippen LogP contribution < -0.4 is 5.32 Å². The van der Waals surface area contributed by atoms with Crippen LogP contribution in [-0.2, 0) is 4.79 Å². The molecule has 6 nitrogen and oxygen atoms in total. The summed E-state index contributed by atoms with van der Waals surface area (Å²) in [5, 5.41) is 4.06. The molecule has 2 amide bonds. The zero-order chi connectivity index (χ0) is 20.8. The van der Waals surface area contributed by atoms with Crippen molar-refractivity contribution in [2.24, 2.45) is 0 Å². The van der Waals surface area contributed by atoms with Crippen LogP contribution in [0.3, 0.4) is 0 Å². The van der Waals surface area contributed by atoms with E-state index in [1.54, 1.807) is 18.2 Å². The molecule has 1 N–H and O–H groups in total. The van der Waals surface area contributed by atoms with E-state index in [9.17, 15) is 9.59 Å². The van der Waals surface area contributed by atoms with E-state index >= 15 is 0 Å². The maximum Gasteiger partial charge on any atom is 0.254 e. The number of carbonyl (C=O) groups excluding carboxylic acids is 2. The number of nitrogens with zero attached hydrogens (tertiary/aromatic N) is 3. The maximum atomic E-state index is 13.0. The van der Waals surface area contributed by atoms with Crippen molar-refractivity contribution >= 4 is 51.5 Å². The van der Waals surface area contributed by atoms with Crippen molar-refractivity contribution < 1.29 is 9.59 Å². The molecule has 0 unspecified atom stereocenters. The van der Waals surface area contributed by atoms with Gasteiger partial charge in [0.25, 0.3) is 5.91 Å². The third kappa shape index (κ3) is 6.74. The Labute approximate surface area is 179 Å². The van der Waals surface area contributed by atoms with Crippen LogP contribution in [0.25, 0.3) is 0 Å². The summed E-state index contributed by atoms with van der Waals surface area (Å²) in [6.07, 6.45) is 0.732. The van der Waals surface area contributed by atoms with Crippen molar-refractivity contribution in [2.75, 3.05) is 39.0 Å². The quantitative estimate of drug-likeness (QED) is 0.667. The monoisotopic (exact) mass is 442 g/mol. The summed E-state index contributed by atoms with van der Waals surface area (Å²) in [6.45, 7) is 5.00. The summed E-state index contributed by atoms with van der Waals surface area (Å²) in [4.78, 5) is 34.4. The summed E-state index contributed by atoms with van der Waals surface area (Å²) in [5.74, 6) is -0.579. The summed E-state index contributed by atoms with van der Waals surface area (Å²) in [5.41, 5.74) is 1.24. The molecule has 0 atom stereocenters. The Morgan fingerprint density at radius 1 is 1.11 bits per heavy atom. The van der Waals surface area contributed by atoms with E-state index in [0.29, 0.717) is 27.3 Å². The number of carbonyl (C=O) groups is 2. The average molecular weight is 443 g/mol. The van der Waals surface area contributed by atoms with E-state index in [1.165, 1.54) is 16.2 Å². The van der Waals surface area contributed by atoms with Crippen molar-refractivity contribution in [2.45, 2.75) is 20.3 Å². The van der Waals surface area contributed by atoms with E-state index in [2.05, 4.69) is 10.3 Å². The number of amides is 2. The van der Waals surface area contributed by atoms with Gasteiger partial charge in [0.05, 0.1) is 5.69 Å². The van der Waals surface area contributed by atoms with Crippen LogP contribution in [0, 0.1) is 13.8 Å². The number of thiazole rings is 1. The number of anilines is 1. The molecule has 1 heterocycles. The minimum atomic E-state index is -0.292. The summed E-state index contributed by atoms with van der Waals surface area (Å²) >= 11 is 13.5. The zero-order valence-corrected chi connectivity index (χ0v) is 18.7. The van der Waals surface area contributed by atoms with Gasteiger partial charge in [0, 0.05) is 27.0 Å². The van der Waals surface area contributed by atoms with Gasteiger partial charge in [0.2, 0.25) is 5.91 Å².